The second kappa shape index (κ2) is 3.65. The van der Waals surface area contributed by atoms with E-state index in [0.717, 1.165) is 0 Å². The average molecular weight is 180 g/mol. The summed E-state index contributed by atoms with van der Waals surface area (Å²) in [5.74, 6) is 0. The molecular weight excluding hydrogens is 168 g/mol. The molecule has 1 aliphatic heterocycles. The van der Waals surface area contributed by atoms with Gasteiger partial charge in [-0.1, -0.05) is 0 Å². The number of aliphatic hydroxyl groups excluding tert-OH is 4. The van der Waals surface area contributed by atoms with E-state index in [1.165, 1.54) is 7.11 Å². The number of methoxy groups -OCH3 is 1. The van der Waals surface area contributed by atoms with Crippen LogP contribution < -0.4 is 0 Å². The predicted octanol–water partition coefficient (Wildman–Crippen LogP) is -2.61. The van der Waals surface area contributed by atoms with E-state index >= 15 is 0 Å². The summed E-state index contributed by atoms with van der Waals surface area (Å²) >= 11 is 0. The second-order valence-electron chi connectivity index (χ2n) is 2.60. The highest BCUT2D eigenvalue weighted by atomic mass is 16.7. The van der Waals surface area contributed by atoms with Gasteiger partial charge < -0.3 is 29.9 Å². The Morgan fingerprint density at radius 3 is 2.08 bits per heavy atom. The lowest BCUT2D eigenvalue weighted by Crippen LogP contribution is -2.58. The standard InChI is InChI=1S/C6H12O6/c1-11-4-2(7)3(8)5(9)12-6(4)10/h2-10H,1H3/t2?,3-,4?,5?,6-/m0/s1. The fourth-order valence-corrected chi connectivity index (χ4v) is 1.09. The zero-order valence-corrected chi connectivity index (χ0v) is 6.49. The van der Waals surface area contributed by atoms with Crippen LogP contribution in [0, 0.1) is 0 Å². The summed E-state index contributed by atoms with van der Waals surface area (Å²) in [6.07, 6.45) is -6.86. The Hall–Kier alpha value is -0.240. The quantitative estimate of drug-likeness (QED) is 0.353. The number of aliphatic hydroxyl groups is 4. The molecule has 1 saturated heterocycles. The first-order chi connectivity index (χ1) is 5.57. The Kier molecular flexibility index (Phi) is 2.99. The van der Waals surface area contributed by atoms with E-state index < -0.39 is 30.9 Å². The van der Waals surface area contributed by atoms with E-state index in [1.807, 2.05) is 0 Å². The molecule has 0 aromatic carbocycles. The first-order valence-corrected chi connectivity index (χ1v) is 3.48. The van der Waals surface area contributed by atoms with Gasteiger partial charge in [-0.25, -0.2) is 0 Å². The molecule has 0 aromatic rings. The Bertz CT molecular complexity index is 151. The number of ether oxygens (including phenoxy) is 2. The van der Waals surface area contributed by atoms with Crippen molar-refractivity contribution in [2.24, 2.45) is 0 Å². The maximum Gasteiger partial charge on any atom is 0.186 e. The smallest absolute Gasteiger partial charge is 0.186 e. The van der Waals surface area contributed by atoms with E-state index in [4.69, 9.17) is 15.3 Å². The molecule has 0 aliphatic carbocycles. The van der Waals surface area contributed by atoms with Crippen molar-refractivity contribution >= 4 is 0 Å². The Balaban J connectivity index is 2.65. The van der Waals surface area contributed by atoms with Crippen LogP contribution in [0.4, 0.5) is 0 Å². The van der Waals surface area contributed by atoms with Crippen LogP contribution in [0.3, 0.4) is 0 Å². The van der Waals surface area contributed by atoms with E-state index in [9.17, 15) is 5.11 Å². The van der Waals surface area contributed by atoms with Crippen molar-refractivity contribution in [3.8, 4) is 0 Å². The molecule has 0 radical (unpaired) electrons. The third-order valence-electron chi connectivity index (χ3n) is 1.81. The van der Waals surface area contributed by atoms with Crippen LogP contribution in [-0.2, 0) is 9.47 Å². The summed E-state index contributed by atoms with van der Waals surface area (Å²) in [6.45, 7) is 0. The van der Waals surface area contributed by atoms with Crippen molar-refractivity contribution in [3.63, 3.8) is 0 Å². The van der Waals surface area contributed by atoms with Crippen molar-refractivity contribution in [1.29, 1.82) is 0 Å². The molecule has 4 N–H and O–H groups in total. The minimum atomic E-state index is -1.58. The Morgan fingerprint density at radius 2 is 1.58 bits per heavy atom. The Morgan fingerprint density at radius 1 is 1.00 bits per heavy atom. The van der Waals surface area contributed by atoms with Gasteiger partial charge in [-0.05, 0) is 0 Å². The van der Waals surface area contributed by atoms with Gasteiger partial charge in [0.2, 0.25) is 0 Å². The molecular formula is C6H12O6. The fraction of sp³-hybridized carbons (Fsp3) is 1.00. The summed E-state index contributed by atoms with van der Waals surface area (Å²) in [5, 5.41) is 36.2. The van der Waals surface area contributed by atoms with Crippen molar-refractivity contribution < 1.29 is 29.9 Å². The second-order valence-corrected chi connectivity index (χ2v) is 2.60. The molecule has 0 amide bonds. The summed E-state index contributed by atoms with van der Waals surface area (Å²) in [4.78, 5) is 0. The minimum Gasteiger partial charge on any atom is -0.387 e. The lowest BCUT2D eigenvalue weighted by Gasteiger charge is -2.37. The van der Waals surface area contributed by atoms with Crippen LogP contribution in [-0.4, -0.2) is 58.4 Å². The van der Waals surface area contributed by atoms with Crippen molar-refractivity contribution in [3.05, 3.63) is 0 Å². The highest BCUT2D eigenvalue weighted by Crippen LogP contribution is 2.19. The van der Waals surface area contributed by atoms with Gasteiger partial charge in [0.05, 0.1) is 0 Å². The summed E-state index contributed by atoms with van der Waals surface area (Å²) < 4.78 is 9.09. The van der Waals surface area contributed by atoms with Crippen LogP contribution >= 0.6 is 0 Å². The predicted molar refractivity (Wildman–Crippen MR) is 35.9 cm³/mol. The molecule has 1 heterocycles. The van der Waals surface area contributed by atoms with Crippen molar-refractivity contribution in [2.75, 3.05) is 7.11 Å². The van der Waals surface area contributed by atoms with Crippen molar-refractivity contribution in [2.45, 2.75) is 30.9 Å². The average Bonchev–Trinajstić information content (AvgIpc) is 2.01. The van der Waals surface area contributed by atoms with Crippen LogP contribution in [0.25, 0.3) is 0 Å². The Labute approximate surface area is 69.0 Å². The van der Waals surface area contributed by atoms with Crippen LogP contribution in [0.15, 0.2) is 0 Å². The van der Waals surface area contributed by atoms with Gasteiger partial charge in [0.1, 0.15) is 18.3 Å². The molecule has 12 heavy (non-hydrogen) atoms. The van der Waals surface area contributed by atoms with E-state index in [1.54, 1.807) is 0 Å². The molecule has 3 unspecified atom stereocenters. The van der Waals surface area contributed by atoms with Gasteiger partial charge in [0.25, 0.3) is 0 Å². The number of rotatable bonds is 1. The highest BCUT2D eigenvalue weighted by molar-refractivity contribution is 4.84. The molecule has 6 heteroatoms. The molecule has 0 bridgehead atoms. The lowest BCUT2D eigenvalue weighted by atomic mass is 10.0. The first kappa shape index (κ1) is 9.85. The monoisotopic (exact) mass is 180 g/mol. The van der Waals surface area contributed by atoms with Crippen LogP contribution in [0.5, 0.6) is 0 Å². The van der Waals surface area contributed by atoms with Crippen LogP contribution in [0.2, 0.25) is 0 Å². The SMILES string of the molecule is COC1C(O)[C@H](O)C(O)O[C@@H]1O. The van der Waals surface area contributed by atoms with Gasteiger partial charge in [0, 0.05) is 7.11 Å². The van der Waals surface area contributed by atoms with Gasteiger partial charge in [-0.3, -0.25) is 0 Å². The molecule has 0 aromatic heterocycles. The maximum absolute atomic E-state index is 9.20. The van der Waals surface area contributed by atoms with Gasteiger partial charge in [-0.15, -0.1) is 0 Å². The summed E-state index contributed by atoms with van der Waals surface area (Å²) in [7, 11) is 1.25. The van der Waals surface area contributed by atoms with Crippen LogP contribution in [0.1, 0.15) is 0 Å². The van der Waals surface area contributed by atoms with E-state index in [2.05, 4.69) is 9.47 Å². The molecule has 1 rings (SSSR count). The molecule has 1 aliphatic rings. The molecule has 72 valence electrons. The van der Waals surface area contributed by atoms with Gasteiger partial charge in [-0.2, -0.15) is 0 Å². The van der Waals surface area contributed by atoms with Gasteiger partial charge >= 0.3 is 0 Å². The topological polar surface area (TPSA) is 99.4 Å². The normalized spacial score (nSPS) is 49.2. The van der Waals surface area contributed by atoms with E-state index in [0.29, 0.717) is 0 Å². The zero-order chi connectivity index (χ0) is 9.30. The fourth-order valence-electron chi connectivity index (χ4n) is 1.09. The highest BCUT2D eigenvalue weighted by Gasteiger charge is 2.43. The van der Waals surface area contributed by atoms with Crippen molar-refractivity contribution in [1.82, 2.24) is 0 Å². The molecule has 0 saturated carbocycles. The first-order valence-electron chi connectivity index (χ1n) is 3.48. The summed E-state index contributed by atoms with van der Waals surface area (Å²) in [5.41, 5.74) is 0. The van der Waals surface area contributed by atoms with E-state index in [-0.39, 0.29) is 0 Å². The zero-order valence-electron chi connectivity index (χ0n) is 6.49. The number of hydrogen-bond donors (Lipinski definition) is 4. The third kappa shape index (κ3) is 1.58. The molecule has 6 nitrogen and oxygen atoms in total. The lowest BCUT2D eigenvalue weighted by molar-refractivity contribution is -0.332. The van der Waals surface area contributed by atoms with Gasteiger partial charge in [0.15, 0.2) is 12.6 Å². The number of hydrogen-bond acceptors (Lipinski definition) is 6. The molecule has 1 fully saturated rings. The molecule has 5 atom stereocenters. The maximum atomic E-state index is 9.20. The minimum absolute atomic E-state index is 1.04. The largest absolute Gasteiger partial charge is 0.387 e. The third-order valence-corrected chi connectivity index (χ3v) is 1.81. The summed E-state index contributed by atoms with van der Waals surface area (Å²) in [6, 6.07) is 0. The molecule has 0 spiro atoms.